The monoisotopic (exact) mass is 490 g/mol. The third-order valence-electron chi connectivity index (χ3n) is 4.59. The zero-order chi connectivity index (χ0) is 24.1. The van der Waals surface area contributed by atoms with Gasteiger partial charge in [-0.25, -0.2) is 9.18 Å². The molecule has 0 spiro atoms. The van der Waals surface area contributed by atoms with E-state index >= 15 is 0 Å². The summed E-state index contributed by atoms with van der Waals surface area (Å²) in [6, 6.07) is 10.3. The number of hydrogen-bond acceptors (Lipinski definition) is 6. The van der Waals surface area contributed by atoms with Gasteiger partial charge in [0, 0.05) is 10.7 Å². The van der Waals surface area contributed by atoms with Gasteiger partial charge in [-0.05, 0) is 67.4 Å². The molecule has 1 heterocycles. The van der Waals surface area contributed by atoms with Crippen LogP contribution in [0.4, 0.5) is 15.1 Å². The smallest absolute Gasteiger partial charge is 0.341 e. The van der Waals surface area contributed by atoms with Crippen LogP contribution in [0.2, 0.25) is 5.02 Å². The number of ether oxygens (including phenoxy) is 2. The fourth-order valence-electron chi connectivity index (χ4n) is 2.97. The molecule has 3 aromatic rings. The topological polar surface area (TPSA) is 93.7 Å². The average Bonchev–Trinajstić information content (AvgIpc) is 3.10. The molecule has 0 fully saturated rings. The second-order valence-electron chi connectivity index (χ2n) is 6.96. The highest BCUT2D eigenvalue weighted by molar-refractivity contribution is 7.19. The number of amides is 2. The number of rotatable bonds is 7. The Morgan fingerprint density at radius 2 is 1.76 bits per heavy atom. The van der Waals surface area contributed by atoms with Crippen molar-refractivity contribution in [3.8, 4) is 5.75 Å². The molecule has 172 valence electrons. The van der Waals surface area contributed by atoms with Crippen LogP contribution in [0.25, 0.3) is 0 Å². The van der Waals surface area contributed by atoms with Crippen molar-refractivity contribution in [3.63, 3.8) is 0 Å². The Kier molecular flexibility index (Phi) is 7.67. The van der Waals surface area contributed by atoms with Crippen molar-refractivity contribution in [2.45, 2.75) is 13.8 Å². The first-order valence-corrected chi connectivity index (χ1v) is 10.9. The maximum atomic E-state index is 13.1. The Bertz CT molecular complexity index is 1210. The first-order valence-electron chi connectivity index (χ1n) is 9.67. The minimum Gasteiger partial charge on any atom is -0.483 e. The second kappa shape index (κ2) is 10.5. The van der Waals surface area contributed by atoms with E-state index in [-0.39, 0.29) is 22.0 Å². The van der Waals surface area contributed by atoms with Crippen molar-refractivity contribution >= 4 is 51.4 Å². The lowest BCUT2D eigenvalue weighted by Gasteiger charge is -2.10. The number of aryl methyl sites for hydroxylation is 1. The van der Waals surface area contributed by atoms with Gasteiger partial charge in [-0.3, -0.25) is 9.59 Å². The maximum Gasteiger partial charge on any atom is 0.341 e. The molecular weight excluding hydrogens is 471 g/mol. The molecule has 0 saturated carbocycles. The summed E-state index contributed by atoms with van der Waals surface area (Å²) in [7, 11) is 1.20. The number of nitrogens with one attached hydrogen (secondary N) is 2. The number of methoxy groups -OCH3 is 1. The van der Waals surface area contributed by atoms with Gasteiger partial charge in [-0.2, -0.15) is 0 Å². The van der Waals surface area contributed by atoms with Crippen LogP contribution in [0, 0.1) is 19.7 Å². The van der Waals surface area contributed by atoms with Crippen molar-refractivity contribution in [1.29, 1.82) is 0 Å². The van der Waals surface area contributed by atoms with E-state index in [2.05, 4.69) is 10.6 Å². The number of benzene rings is 2. The van der Waals surface area contributed by atoms with E-state index in [1.54, 1.807) is 32.0 Å². The third-order valence-corrected chi connectivity index (χ3v) is 6.03. The van der Waals surface area contributed by atoms with E-state index in [9.17, 15) is 18.8 Å². The van der Waals surface area contributed by atoms with Crippen molar-refractivity contribution in [2.75, 3.05) is 24.4 Å². The van der Waals surface area contributed by atoms with Crippen molar-refractivity contribution < 1.29 is 28.2 Å². The highest BCUT2D eigenvalue weighted by atomic mass is 35.5. The van der Waals surface area contributed by atoms with Crippen LogP contribution < -0.4 is 15.4 Å². The summed E-state index contributed by atoms with van der Waals surface area (Å²) in [4.78, 5) is 37.8. The molecule has 7 nitrogen and oxygen atoms in total. The third kappa shape index (κ3) is 5.88. The molecule has 3 rings (SSSR count). The van der Waals surface area contributed by atoms with Crippen molar-refractivity contribution in [1.82, 2.24) is 0 Å². The minimum absolute atomic E-state index is 0.0720. The van der Waals surface area contributed by atoms with Crippen LogP contribution in [-0.4, -0.2) is 31.5 Å². The summed E-state index contributed by atoms with van der Waals surface area (Å²) in [5.74, 6) is -1.68. The molecule has 0 bridgehead atoms. The Hall–Kier alpha value is -3.43. The Balaban J connectivity index is 1.78. The van der Waals surface area contributed by atoms with Gasteiger partial charge in [0.25, 0.3) is 11.8 Å². The number of halogens is 2. The Morgan fingerprint density at radius 3 is 2.39 bits per heavy atom. The second-order valence-corrected chi connectivity index (χ2v) is 8.42. The molecule has 0 radical (unpaired) electrons. The quantitative estimate of drug-likeness (QED) is 0.443. The van der Waals surface area contributed by atoms with E-state index in [0.29, 0.717) is 22.0 Å². The molecular formula is C23H20ClFN2O5S. The molecule has 1 aromatic heterocycles. The first-order chi connectivity index (χ1) is 15.7. The predicted molar refractivity (Wildman–Crippen MR) is 125 cm³/mol. The van der Waals surface area contributed by atoms with Crippen LogP contribution >= 0.6 is 22.9 Å². The summed E-state index contributed by atoms with van der Waals surface area (Å²) >= 11 is 6.85. The van der Waals surface area contributed by atoms with Gasteiger partial charge in [-0.1, -0.05) is 11.6 Å². The van der Waals surface area contributed by atoms with Gasteiger partial charge in [0.05, 0.1) is 17.6 Å². The Morgan fingerprint density at radius 1 is 1.06 bits per heavy atom. The van der Waals surface area contributed by atoms with Crippen LogP contribution in [0.1, 0.15) is 31.2 Å². The fourth-order valence-corrected chi connectivity index (χ4v) is 4.30. The number of carbonyl (C=O) groups excluding carboxylic acids is 3. The van der Waals surface area contributed by atoms with E-state index in [1.807, 2.05) is 0 Å². The summed E-state index contributed by atoms with van der Waals surface area (Å²) < 4.78 is 23.5. The van der Waals surface area contributed by atoms with Crippen molar-refractivity contribution in [2.24, 2.45) is 0 Å². The normalized spacial score (nSPS) is 10.5. The number of anilines is 2. The van der Waals surface area contributed by atoms with Crippen LogP contribution in [0.3, 0.4) is 0 Å². The summed E-state index contributed by atoms with van der Waals surface area (Å²) in [6.07, 6.45) is 0. The SMILES string of the molecule is COC(=O)c1c(NC(=O)COc2ccc(Cl)cc2C)sc(C(=O)Nc2ccc(F)cc2)c1C. The number of carbonyl (C=O) groups is 3. The molecule has 0 atom stereocenters. The van der Waals surface area contributed by atoms with Gasteiger partial charge in [0.15, 0.2) is 6.61 Å². The average molecular weight is 491 g/mol. The zero-order valence-electron chi connectivity index (χ0n) is 18.0. The van der Waals surface area contributed by atoms with E-state index in [1.165, 1.54) is 31.4 Å². The molecule has 33 heavy (non-hydrogen) atoms. The van der Waals surface area contributed by atoms with E-state index in [0.717, 1.165) is 16.9 Å². The van der Waals surface area contributed by atoms with Crippen LogP contribution in [-0.2, 0) is 9.53 Å². The summed E-state index contributed by atoms with van der Waals surface area (Å²) in [5, 5.41) is 5.96. The standard InChI is InChI=1S/C23H20ClFN2O5S/c1-12-10-14(24)4-9-17(12)32-11-18(28)27-22-19(23(30)31-3)13(2)20(33-22)21(29)26-16-7-5-15(25)6-8-16/h4-10H,11H2,1-3H3,(H,26,29)(H,27,28). The lowest BCUT2D eigenvalue weighted by molar-refractivity contribution is -0.118. The van der Waals surface area contributed by atoms with Crippen LogP contribution in [0.15, 0.2) is 42.5 Å². The van der Waals surface area contributed by atoms with E-state index < -0.39 is 23.6 Å². The molecule has 0 aliphatic rings. The number of hydrogen-bond donors (Lipinski definition) is 2. The van der Waals surface area contributed by atoms with Gasteiger partial charge >= 0.3 is 5.97 Å². The molecule has 2 amide bonds. The zero-order valence-corrected chi connectivity index (χ0v) is 19.5. The molecule has 0 aliphatic carbocycles. The van der Waals surface area contributed by atoms with E-state index in [4.69, 9.17) is 21.1 Å². The molecule has 2 N–H and O–H groups in total. The lowest BCUT2D eigenvalue weighted by atomic mass is 10.1. The van der Waals surface area contributed by atoms with Gasteiger partial charge < -0.3 is 20.1 Å². The molecule has 2 aromatic carbocycles. The van der Waals surface area contributed by atoms with Gasteiger partial charge in [0.1, 0.15) is 16.6 Å². The minimum atomic E-state index is -0.700. The lowest BCUT2D eigenvalue weighted by Crippen LogP contribution is -2.21. The summed E-state index contributed by atoms with van der Waals surface area (Å²) in [5.41, 5.74) is 1.56. The Labute approximate surface area is 198 Å². The number of esters is 1. The molecule has 0 saturated heterocycles. The van der Waals surface area contributed by atoms with Crippen LogP contribution in [0.5, 0.6) is 5.75 Å². The highest BCUT2D eigenvalue weighted by Crippen LogP contribution is 2.34. The highest BCUT2D eigenvalue weighted by Gasteiger charge is 2.26. The largest absolute Gasteiger partial charge is 0.483 e. The molecule has 0 unspecified atom stereocenters. The van der Waals surface area contributed by atoms with Gasteiger partial charge in [0.2, 0.25) is 0 Å². The van der Waals surface area contributed by atoms with Gasteiger partial charge in [-0.15, -0.1) is 11.3 Å². The first kappa shape index (κ1) is 24.2. The predicted octanol–water partition coefficient (Wildman–Crippen LogP) is 5.21. The molecule has 0 aliphatic heterocycles. The molecule has 10 heteroatoms. The summed E-state index contributed by atoms with van der Waals surface area (Å²) in [6.45, 7) is 3.05. The fraction of sp³-hybridized carbons (Fsp3) is 0.174. The maximum absolute atomic E-state index is 13.1. The van der Waals surface area contributed by atoms with Crippen molar-refractivity contribution in [3.05, 3.63) is 74.9 Å². The number of thiophene rings is 1.